The highest BCUT2D eigenvalue weighted by atomic mass is 16.5. The molecule has 0 aliphatic heterocycles. The fourth-order valence-corrected chi connectivity index (χ4v) is 3.57. The minimum atomic E-state index is -0.668. The van der Waals surface area contributed by atoms with Gasteiger partial charge in [-0.1, -0.05) is 44.2 Å². The molecule has 1 heterocycles. The predicted octanol–water partition coefficient (Wildman–Crippen LogP) is 4.06. The lowest BCUT2D eigenvalue weighted by Crippen LogP contribution is -2.35. The summed E-state index contributed by atoms with van der Waals surface area (Å²) in [6, 6.07) is 15.7. The van der Waals surface area contributed by atoms with Gasteiger partial charge in [-0.25, -0.2) is 4.98 Å². The maximum atomic E-state index is 10.6. The number of aliphatic hydroxyl groups excluding tert-OH is 1. The molecule has 3 unspecified atom stereocenters. The number of nitrogens with zero attached hydrogens (tertiary/aromatic N) is 2. The molecule has 0 saturated carbocycles. The van der Waals surface area contributed by atoms with E-state index < -0.39 is 6.10 Å². The highest BCUT2D eigenvalue weighted by Crippen LogP contribution is 2.28. The number of methoxy groups -OCH3 is 1. The molecule has 0 amide bonds. The normalized spacial score (nSPS) is 14.1. The molecule has 31 heavy (non-hydrogen) atoms. The molecule has 3 aromatic rings. The fraction of sp³-hybridized carbons (Fsp3) is 0.400. The van der Waals surface area contributed by atoms with E-state index in [1.807, 2.05) is 60.3 Å². The third kappa shape index (κ3) is 5.87. The molecule has 166 valence electrons. The van der Waals surface area contributed by atoms with Crippen LogP contribution in [0.3, 0.4) is 0 Å². The van der Waals surface area contributed by atoms with Gasteiger partial charge in [0.25, 0.3) is 0 Å². The maximum Gasteiger partial charge on any atom is 0.130 e. The van der Waals surface area contributed by atoms with Crippen molar-refractivity contribution < 1.29 is 14.6 Å². The van der Waals surface area contributed by atoms with Crippen molar-refractivity contribution in [1.29, 1.82) is 0 Å². The zero-order valence-electron chi connectivity index (χ0n) is 18.8. The molecule has 0 bridgehead atoms. The molecule has 0 fully saturated rings. The Balaban J connectivity index is 1.67. The molecule has 2 aromatic carbocycles. The summed E-state index contributed by atoms with van der Waals surface area (Å²) in [5, 5.41) is 14.1. The molecule has 0 aliphatic rings. The van der Waals surface area contributed by atoms with Gasteiger partial charge in [0.2, 0.25) is 0 Å². The molecule has 0 aliphatic carbocycles. The first-order valence-electron chi connectivity index (χ1n) is 10.8. The lowest BCUT2D eigenvalue weighted by Gasteiger charge is -2.22. The highest BCUT2D eigenvalue weighted by Gasteiger charge is 2.20. The summed E-state index contributed by atoms with van der Waals surface area (Å²) in [5.74, 6) is 2.89. The third-order valence-electron chi connectivity index (χ3n) is 5.59. The molecule has 6 nitrogen and oxygen atoms in total. The van der Waals surface area contributed by atoms with Crippen LogP contribution in [0, 0.1) is 0 Å². The van der Waals surface area contributed by atoms with Crippen molar-refractivity contribution in [2.45, 2.75) is 38.3 Å². The Morgan fingerprint density at radius 1 is 1.16 bits per heavy atom. The van der Waals surface area contributed by atoms with Crippen LogP contribution in [0.1, 0.15) is 49.2 Å². The van der Waals surface area contributed by atoms with Crippen LogP contribution >= 0.6 is 0 Å². The molecule has 0 saturated heterocycles. The Morgan fingerprint density at radius 3 is 2.68 bits per heavy atom. The smallest absolute Gasteiger partial charge is 0.130 e. The second-order valence-electron chi connectivity index (χ2n) is 7.83. The van der Waals surface area contributed by atoms with E-state index in [1.165, 1.54) is 5.56 Å². The number of para-hydroxylation sites is 1. The lowest BCUT2D eigenvalue weighted by atomic mass is 9.98. The quantitative estimate of drug-likeness (QED) is 0.487. The van der Waals surface area contributed by atoms with Gasteiger partial charge in [0.05, 0.1) is 13.2 Å². The lowest BCUT2D eigenvalue weighted by molar-refractivity contribution is 0.104. The van der Waals surface area contributed by atoms with E-state index in [0.717, 1.165) is 29.3 Å². The summed E-state index contributed by atoms with van der Waals surface area (Å²) in [5.41, 5.74) is 2.19. The molecule has 3 atom stereocenters. The van der Waals surface area contributed by atoms with Gasteiger partial charge in [-0.05, 0) is 41.7 Å². The Kier molecular flexibility index (Phi) is 8.09. The SMILES string of the molecule is CCC(C)c1ccccc1OCC(O)CNC(c1cccc(OC)c1)c1nccn1C. The van der Waals surface area contributed by atoms with Crippen LogP contribution in [0.4, 0.5) is 0 Å². The Hall–Kier alpha value is -2.83. The molecule has 0 radical (unpaired) electrons. The number of hydrogen-bond acceptors (Lipinski definition) is 5. The monoisotopic (exact) mass is 423 g/mol. The van der Waals surface area contributed by atoms with Crippen LogP contribution < -0.4 is 14.8 Å². The number of nitrogens with one attached hydrogen (secondary N) is 1. The minimum absolute atomic E-state index is 0.183. The van der Waals surface area contributed by atoms with Gasteiger partial charge >= 0.3 is 0 Å². The summed E-state index contributed by atoms with van der Waals surface area (Å²) in [6.45, 7) is 4.92. The van der Waals surface area contributed by atoms with Crippen molar-refractivity contribution in [2.24, 2.45) is 7.05 Å². The molecule has 2 N–H and O–H groups in total. The van der Waals surface area contributed by atoms with Gasteiger partial charge in [-0.15, -0.1) is 0 Å². The van der Waals surface area contributed by atoms with Gasteiger partial charge in [-0.3, -0.25) is 0 Å². The topological polar surface area (TPSA) is 68.5 Å². The van der Waals surface area contributed by atoms with E-state index in [9.17, 15) is 5.11 Å². The zero-order chi connectivity index (χ0) is 22.2. The molecular weight excluding hydrogens is 390 g/mol. The Morgan fingerprint density at radius 2 is 1.97 bits per heavy atom. The van der Waals surface area contributed by atoms with Crippen molar-refractivity contribution in [3.63, 3.8) is 0 Å². The Labute approximate surface area is 184 Å². The van der Waals surface area contributed by atoms with E-state index in [1.54, 1.807) is 13.3 Å². The van der Waals surface area contributed by atoms with Crippen molar-refractivity contribution in [3.05, 3.63) is 77.9 Å². The zero-order valence-corrected chi connectivity index (χ0v) is 18.8. The average Bonchev–Trinajstić information content (AvgIpc) is 3.23. The number of aromatic nitrogens is 2. The molecular formula is C25H33N3O3. The first-order valence-corrected chi connectivity index (χ1v) is 10.8. The van der Waals surface area contributed by atoms with Crippen LogP contribution in [-0.4, -0.2) is 41.0 Å². The van der Waals surface area contributed by atoms with Crippen LogP contribution in [-0.2, 0) is 7.05 Å². The highest BCUT2D eigenvalue weighted by molar-refractivity contribution is 5.36. The van der Waals surface area contributed by atoms with Crippen LogP contribution in [0.2, 0.25) is 0 Å². The second-order valence-corrected chi connectivity index (χ2v) is 7.83. The van der Waals surface area contributed by atoms with E-state index >= 15 is 0 Å². The van der Waals surface area contributed by atoms with Gasteiger partial charge in [0, 0.05) is 26.0 Å². The van der Waals surface area contributed by atoms with E-state index in [4.69, 9.17) is 9.47 Å². The fourth-order valence-electron chi connectivity index (χ4n) is 3.57. The van der Waals surface area contributed by atoms with Crippen molar-refractivity contribution in [3.8, 4) is 11.5 Å². The molecule has 6 heteroatoms. The average molecular weight is 424 g/mol. The number of benzene rings is 2. The van der Waals surface area contributed by atoms with Crippen LogP contribution in [0.25, 0.3) is 0 Å². The standard InChI is InChI=1S/C25H33N3O3/c1-5-18(2)22-11-6-7-12-23(22)31-17-20(29)16-27-24(25-26-13-14-28(25)3)19-9-8-10-21(15-19)30-4/h6-15,18,20,24,27,29H,5,16-17H2,1-4H3. The van der Waals surface area contributed by atoms with Gasteiger partial charge in [-0.2, -0.15) is 0 Å². The van der Waals surface area contributed by atoms with Crippen molar-refractivity contribution in [2.75, 3.05) is 20.3 Å². The second kappa shape index (κ2) is 11.0. The summed E-state index contributed by atoms with van der Waals surface area (Å²) in [4.78, 5) is 4.51. The first kappa shape index (κ1) is 22.8. The number of aryl methyl sites for hydroxylation is 1. The summed E-state index contributed by atoms with van der Waals surface area (Å²) < 4.78 is 13.3. The molecule has 3 rings (SSSR count). The van der Waals surface area contributed by atoms with E-state index in [2.05, 4.69) is 30.2 Å². The Bertz CT molecular complexity index is 956. The predicted molar refractivity (Wildman–Crippen MR) is 123 cm³/mol. The minimum Gasteiger partial charge on any atom is -0.497 e. The van der Waals surface area contributed by atoms with Crippen LogP contribution in [0.5, 0.6) is 11.5 Å². The molecule has 0 spiro atoms. The maximum absolute atomic E-state index is 10.6. The van der Waals surface area contributed by atoms with E-state index in [-0.39, 0.29) is 12.6 Å². The summed E-state index contributed by atoms with van der Waals surface area (Å²) >= 11 is 0. The number of imidazole rings is 1. The van der Waals surface area contributed by atoms with Crippen LogP contribution in [0.15, 0.2) is 60.9 Å². The van der Waals surface area contributed by atoms with Gasteiger partial charge in [0.15, 0.2) is 0 Å². The number of ether oxygens (including phenoxy) is 2. The van der Waals surface area contributed by atoms with E-state index in [0.29, 0.717) is 12.5 Å². The van der Waals surface area contributed by atoms with Crippen molar-refractivity contribution in [1.82, 2.24) is 14.9 Å². The number of aliphatic hydroxyl groups is 1. The van der Waals surface area contributed by atoms with Gasteiger partial charge in [0.1, 0.15) is 30.0 Å². The largest absolute Gasteiger partial charge is 0.497 e. The number of rotatable bonds is 11. The van der Waals surface area contributed by atoms with Crippen molar-refractivity contribution >= 4 is 0 Å². The third-order valence-corrected chi connectivity index (χ3v) is 5.59. The van der Waals surface area contributed by atoms with Gasteiger partial charge < -0.3 is 24.5 Å². The molecule has 1 aromatic heterocycles. The number of hydrogen-bond donors (Lipinski definition) is 2. The summed E-state index contributed by atoms with van der Waals surface area (Å²) in [6.07, 6.45) is 4.06. The summed E-state index contributed by atoms with van der Waals surface area (Å²) in [7, 11) is 3.61. The first-order chi connectivity index (χ1) is 15.0.